The standard InChI is InChI=1S/C13H20N2O/c1-4-10(5-2)15-13(16)11-8-6-7-9(3)12(11)14/h6-8,10H,4-5,14H2,1-3H3,(H,15,16). The van der Waals surface area contributed by atoms with Crippen LogP contribution in [0.25, 0.3) is 0 Å². The van der Waals surface area contributed by atoms with Crippen LogP contribution in [0.2, 0.25) is 0 Å². The van der Waals surface area contributed by atoms with Gasteiger partial charge in [0.25, 0.3) is 5.91 Å². The SMILES string of the molecule is CCC(CC)NC(=O)c1cccc(C)c1N. The van der Waals surface area contributed by atoms with Gasteiger partial charge in [-0.25, -0.2) is 0 Å². The Balaban J connectivity index is 2.84. The summed E-state index contributed by atoms with van der Waals surface area (Å²) in [5.74, 6) is -0.0742. The predicted octanol–water partition coefficient (Wildman–Crippen LogP) is 2.50. The van der Waals surface area contributed by atoms with E-state index in [-0.39, 0.29) is 11.9 Å². The molecule has 1 amide bonds. The molecule has 0 atom stereocenters. The summed E-state index contributed by atoms with van der Waals surface area (Å²) >= 11 is 0. The van der Waals surface area contributed by atoms with Crippen LogP contribution in [-0.2, 0) is 0 Å². The summed E-state index contributed by atoms with van der Waals surface area (Å²) in [6.07, 6.45) is 1.88. The molecule has 3 nitrogen and oxygen atoms in total. The first-order chi connectivity index (χ1) is 7.60. The Morgan fingerprint density at radius 2 is 2.00 bits per heavy atom. The van der Waals surface area contributed by atoms with Crippen LogP contribution in [0.1, 0.15) is 42.6 Å². The minimum atomic E-state index is -0.0742. The van der Waals surface area contributed by atoms with E-state index >= 15 is 0 Å². The lowest BCUT2D eigenvalue weighted by Crippen LogP contribution is -2.34. The monoisotopic (exact) mass is 220 g/mol. The molecule has 0 saturated heterocycles. The minimum Gasteiger partial charge on any atom is -0.398 e. The highest BCUT2D eigenvalue weighted by Gasteiger charge is 2.13. The third-order valence-electron chi connectivity index (χ3n) is 2.89. The summed E-state index contributed by atoms with van der Waals surface area (Å²) in [4.78, 5) is 12.0. The molecule has 1 aromatic carbocycles. The molecule has 3 N–H and O–H groups in total. The second-order valence-electron chi connectivity index (χ2n) is 4.02. The second kappa shape index (κ2) is 5.54. The zero-order chi connectivity index (χ0) is 12.1. The number of nitrogen functional groups attached to an aromatic ring is 1. The summed E-state index contributed by atoms with van der Waals surface area (Å²) < 4.78 is 0. The normalized spacial score (nSPS) is 10.5. The average Bonchev–Trinajstić information content (AvgIpc) is 2.29. The number of rotatable bonds is 4. The topological polar surface area (TPSA) is 55.1 Å². The molecule has 0 radical (unpaired) electrons. The van der Waals surface area contributed by atoms with E-state index in [0.717, 1.165) is 18.4 Å². The lowest BCUT2D eigenvalue weighted by atomic mass is 10.1. The number of carbonyl (C=O) groups excluding carboxylic acids is 1. The summed E-state index contributed by atoms with van der Waals surface area (Å²) in [6, 6.07) is 5.75. The van der Waals surface area contributed by atoms with Gasteiger partial charge in [0.05, 0.1) is 5.56 Å². The molecule has 0 aliphatic carbocycles. The molecule has 0 saturated carbocycles. The van der Waals surface area contributed by atoms with Gasteiger partial charge in [-0.3, -0.25) is 4.79 Å². The molecule has 0 aliphatic rings. The molecule has 0 spiro atoms. The van der Waals surface area contributed by atoms with Crippen molar-refractivity contribution in [2.75, 3.05) is 5.73 Å². The first-order valence-electron chi connectivity index (χ1n) is 5.76. The molecule has 0 aromatic heterocycles. The minimum absolute atomic E-state index is 0.0742. The van der Waals surface area contributed by atoms with Gasteiger partial charge < -0.3 is 11.1 Å². The molecule has 88 valence electrons. The van der Waals surface area contributed by atoms with Crippen LogP contribution in [-0.4, -0.2) is 11.9 Å². The van der Waals surface area contributed by atoms with Crippen molar-refractivity contribution in [3.63, 3.8) is 0 Å². The largest absolute Gasteiger partial charge is 0.398 e. The Hall–Kier alpha value is -1.51. The maximum atomic E-state index is 12.0. The van der Waals surface area contributed by atoms with Gasteiger partial charge in [0, 0.05) is 11.7 Å². The molecule has 1 rings (SSSR count). The number of benzene rings is 1. The number of aryl methyl sites for hydroxylation is 1. The average molecular weight is 220 g/mol. The number of para-hydroxylation sites is 1. The first kappa shape index (κ1) is 12.6. The van der Waals surface area contributed by atoms with Gasteiger partial charge in [0.1, 0.15) is 0 Å². The van der Waals surface area contributed by atoms with Crippen LogP contribution in [0.3, 0.4) is 0 Å². The van der Waals surface area contributed by atoms with E-state index in [4.69, 9.17) is 5.73 Å². The number of hydrogen-bond acceptors (Lipinski definition) is 2. The summed E-state index contributed by atoms with van der Waals surface area (Å²) in [5, 5.41) is 2.98. The Labute approximate surface area is 97.0 Å². The lowest BCUT2D eigenvalue weighted by molar-refractivity contribution is 0.0935. The van der Waals surface area contributed by atoms with Crippen LogP contribution in [0.5, 0.6) is 0 Å². The molecule has 0 heterocycles. The van der Waals surface area contributed by atoms with Crippen LogP contribution in [0.4, 0.5) is 5.69 Å². The second-order valence-corrected chi connectivity index (χ2v) is 4.02. The van der Waals surface area contributed by atoms with Gasteiger partial charge in [-0.2, -0.15) is 0 Å². The van der Waals surface area contributed by atoms with Crippen LogP contribution in [0, 0.1) is 6.92 Å². The smallest absolute Gasteiger partial charge is 0.253 e. The highest BCUT2D eigenvalue weighted by atomic mass is 16.1. The first-order valence-corrected chi connectivity index (χ1v) is 5.76. The van der Waals surface area contributed by atoms with E-state index < -0.39 is 0 Å². The van der Waals surface area contributed by atoms with Crippen molar-refractivity contribution >= 4 is 11.6 Å². The van der Waals surface area contributed by atoms with E-state index in [0.29, 0.717) is 11.3 Å². The molecule has 1 aromatic rings. The van der Waals surface area contributed by atoms with E-state index in [2.05, 4.69) is 19.2 Å². The van der Waals surface area contributed by atoms with Gasteiger partial charge >= 0.3 is 0 Å². The van der Waals surface area contributed by atoms with Gasteiger partial charge in [-0.15, -0.1) is 0 Å². The Bertz CT molecular complexity index is 370. The number of anilines is 1. The van der Waals surface area contributed by atoms with E-state index in [1.165, 1.54) is 0 Å². The summed E-state index contributed by atoms with van der Waals surface area (Å²) in [7, 11) is 0. The van der Waals surface area contributed by atoms with E-state index in [1.54, 1.807) is 6.07 Å². The number of nitrogens with two attached hydrogens (primary N) is 1. The van der Waals surface area contributed by atoms with E-state index in [9.17, 15) is 4.79 Å². The highest BCUT2D eigenvalue weighted by Crippen LogP contribution is 2.16. The van der Waals surface area contributed by atoms with Crippen molar-refractivity contribution in [1.29, 1.82) is 0 Å². The lowest BCUT2D eigenvalue weighted by Gasteiger charge is -2.16. The van der Waals surface area contributed by atoms with Crippen LogP contribution >= 0.6 is 0 Å². The molecule has 3 heteroatoms. The molecule has 0 fully saturated rings. The predicted molar refractivity (Wildman–Crippen MR) is 67.4 cm³/mol. The fourth-order valence-electron chi connectivity index (χ4n) is 1.63. The van der Waals surface area contributed by atoms with Gasteiger partial charge in [-0.05, 0) is 31.4 Å². The molecular weight excluding hydrogens is 200 g/mol. The van der Waals surface area contributed by atoms with Gasteiger partial charge in [0.15, 0.2) is 0 Å². The number of amides is 1. The van der Waals surface area contributed by atoms with Gasteiger partial charge in [-0.1, -0.05) is 26.0 Å². The van der Waals surface area contributed by atoms with E-state index in [1.807, 2.05) is 19.1 Å². The Morgan fingerprint density at radius 3 is 2.56 bits per heavy atom. The van der Waals surface area contributed by atoms with Crippen molar-refractivity contribution in [3.05, 3.63) is 29.3 Å². The quantitative estimate of drug-likeness (QED) is 0.766. The fraction of sp³-hybridized carbons (Fsp3) is 0.462. The summed E-state index contributed by atoms with van der Waals surface area (Å²) in [5.41, 5.74) is 7.97. The highest BCUT2D eigenvalue weighted by molar-refractivity contribution is 5.99. The molecular formula is C13H20N2O. The number of hydrogen-bond donors (Lipinski definition) is 2. The number of nitrogens with one attached hydrogen (secondary N) is 1. The fourth-order valence-corrected chi connectivity index (χ4v) is 1.63. The number of carbonyl (C=O) groups is 1. The van der Waals surface area contributed by atoms with Crippen LogP contribution in [0.15, 0.2) is 18.2 Å². The van der Waals surface area contributed by atoms with Crippen molar-refractivity contribution < 1.29 is 4.79 Å². The van der Waals surface area contributed by atoms with Crippen molar-refractivity contribution in [1.82, 2.24) is 5.32 Å². The Morgan fingerprint density at radius 1 is 1.38 bits per heavy atom. The molecule has 0 unspecified atom stereocenters. The van der Waals surface area contributed by atoms with Gasteiger partial charge in [0.2, 0.25) is 0 Å². The molecule has 16 heavy (non-hydrogen) atoms. The van der Waals surface area contributed by atoms with Crippen molar-refractivity contribution in [3.8, 4) is 0 Å². The van der Waals surface area contributed by atoms with Crippen molar-refractivity contribution in [2.24, 2.45) is 0 Å². The maximum absolute atomic E-state index is 12.0. The molecule has 0 bridgehead atoms. The Kier molecular flexibility index (Phi) is 4.35. The van der Waals surface area contributed by atoms with Crippen molar-refractivity contribution in [2.45, 2.75) is 39.7 Å². The third kappa shape index (κ3) is 2.75. The summed E-state index contributed by atoms with van der Waals surface area (Å²) in [6.45, 7) is 6.03. The third-order valence-corrected chi connectivity index (χ3v) is 2.89. The molecule has 0 aliphatic heterocycles. The zero-order valence-corrected chi connectivity index (χ0v) is 10.2. The maximum Gasteiger partial charge on any atom is 0.253 e. The van der Waals surface area contributed by atoms with Crippen LogP contribution < -0.4 is 11.1 Å². The zero-order valence-electron chi connectivity index (χ0n) is 10.2.